The van der Waals surface area contributed by atoms with E-state index in [1.807, 2.05) is 0 Å². The Balaban J connectivity index is 2.11. The van der Waals surface area contributed by atoms with Crippen molar-refractivity contribution < 1.29 is 18.3 Å². The average Bonchev–Trinajstić information content (AvgIpc) is 2.36. The summed E-state index contributed by atoms with van der Waals surface area (Å²) in [6.07, 6.45) is 1.25. The van der Waals surface area contributed by atoms with Gasteiger partial charge >= 0.3 is 0 Å². The van der Waals surface area contributed by atoms with E-state index >= 15 is 0 Å². The second kappa shape index (κ2) is 5.75. The van der Waals surface area contributed by atoms with E-state index in [4.69, 9.17) is 4.74 Å². The van der Waals surface area contributed by atoms with Gasteiger partial charge in [0.1, 0.15) is 11.6 Å². The molecule has 1 aliphatic rings. The second-order valence-electron chi connectivity index (χ2n) is 4.13. The normalized spacial score (nSPS) is 16.6. The molecule has 18 heavy (non-hydrogen) atoms. The van der Waals surface area contributed by atoms with Crippen LogP contribution in [0.15, 0.2) is 16.6 Å². The van der Waals surface area contributed by atoms with Gasteiger partial charge < -0.3 is 10.1 Å². The van der Waals surface area contributed by atoms with Crippen molar-refractivity contribution in [3.05, 3.63) is 28.2 Å². The summed E-state index contributed by atoms with van der Waals surface area (Å²) in [5.41, 5.74) is 0.115. The number of rotatable bonds is 2. The van der Waals surface area contributed by atoms with Crippen LogP contribution >= 0.6 is 15.9 Å². The van der Waals surface area contributed by atoms with Crippen molar-refractivity contribution in [3.8, 4) is 0 Å². The fourth-order valence-corrected chi connectivity index (χ4v) is 2.17. The number of benzene rings is 1. The molecule has 0 unspecified atom stereocenters. The van der Waals surface area contributed by atoms with E-state index in [2.05, 4.69) is 21.2 Å². The zero-order chi connectivity index (χ0) is 13.1. The minimum Gasteiger partial charge on any atom is -0.381 e. The number of amides is 1. The molecule has 1 N–H and O–H groups in total. The summed E-state index contributed by atoms with van der Waals surface area (Å²) in [4.78, 5) is 11.9. The molecule has 0 saturated carbocycles. The second-order valence-corrected chi connectivity index (χ2v) is 4.92. The van der Waals surface area contributed by atoms with Crippen molar-refractivity contribution in [1.82, 2.24) is 0 Å². The first-order valence-corrected chi connectivity index (χ1v) is 6.40. The van der Waals surface area contributed by atoms with Crippen LogP contribution in [0.1, 0.15) is 12.8 Å². The van der Waals surface area contributed by atoms with Crippen LogP contribution in [0.5, 0.6) is 0 Å². The molecular formula is C12H12BrF2NO2. The molecule has 1 heterocycles. The molecule has 0 radical (unpaired) electrons. The number of carbonyl (C=O) groups is 1. The highest BCUT2D eigenvalue weighted by Gasteiger charge is 2.22. The van der Waals surface area contributed by atoms with Gasteiger partial charge in [-0.05, 0) is 34.8 Å². The molecule has 0 bridgehead atoms. The van der Waals surface area contributed by atoms with Gasteiger partial charge in [0.2, 0.25) is 5.91 Å². The van der Waals surface area contributed by atoms with E-state index in [0.717, 1.165) is 12.1 Å². The lowest BCUT2D eigenvalue weighted by Crippen LogP contribution is -2.28. The average molecular weight is 320 g/mol. The molecule has 0 atom stereocenters. The van der Waals surface area contributed by atoms with Crippen molar-refractivity contribution in [2.24, 2.45) is 5.92 Å². The lowest BCUT2D eigenvalue weighted by atomic mass is 9.99. The summed E-state index contributed by atoms with van der Waals surface area (Å²) >= 11 is 2.99. The fourth-order valence-electron chi connectivity index (χ4n) is 1.84. The number of nitrogens with one attached hydrogen (secondary N) is 1. The third kappa shape index (κ3) is 3.05. The van der Waals surface area contributed by atoms with Crippen molar-refractivity contribution in [2.45, 2.75) is 12.8 Å². The zero-order valence-electron chi connectivity index (χ0n) is 9.51. The van der Waals surface area contributed by atoms with Gasteiger partial charge in [-0.1, -0.05) is 0 Å². The van der Waals surface area contributed by atoms with Crippen LogP contribution in [-0.2, 0) is 9.53 Å². The molecule has 0 spiro atoms. The van der Waals surface area contributed by atoms with E-state index in [1.54, 1.807) is 0 Å². The molecule has 3 nitrogen and oxygen atoms in total. The van der Waals surface area contributed by atoms with Gasteiger partial charge in [0, 0.05) is 25.2 Å². The van der Waals surface area contributed by atoms with E-state index in [0.29, 0.717) is 26.1 Å². The molecule has 0 aromatic heterocycles. The molecule has 1 aromatic rings. The summed E-state index contributed by atoms with van der Waals surface area (Å²) in [5, 5.41) is 2.54. The first-order chi connectivity index (χ1) is 8.58. The van der Waals surface area contributed by atoms with Crippen molar-refractivity contribution in [3.63, 3.8) is 0 Å². The van der Waals surface area contributed by atoms with Crippen LogP contribution in [0.2, 0.25) is 0 Å². The van der Waals surface area contributed by atoms with E-state index < -0.39 is 11.6 Å². The fraction of sp³-hybridized carbons (Fsp3) is 0.417. The Hall–Kier alpha value is -1.01. The maximum Gasteiger partial charge on any atom is 0.227 e. The third-order valence-electron chi connectivity index (χ3n) is 2.84. The highest BCUT2D eigenvalue weighted by Crippen LogP contribution is 2.28. The predicted molar refractivity (Wildman–Crippen MR) is 66.2 cm³/mol. The van der Waals surface area contributed by atoms with Crippen molar-refractivity contribution in [2.75, 3.05) is 18.5 Å². The summed E-state index contributed by atoms with van der Waals surface area (Å²) in [6, 6.07) is 1.85. The molecule has 1 amide bonds. The molecule has 1 saturated heterocycles. The largest absolute Gasteiger partial charge is 0.381 e. The molecule has 0 aliphatic carbocycles. The summed E-state index contributed by atoms with van der Waals surface area (Å²) < 4.78 is 31.6. The lowest BCUT2D eigenvalue weighted by Gasteiger charge is -2.21. The Morgan fingerprint density at radius 1 is 1.33 bits per heavy atom. The predicted octanol–water partition coefficient (Wildman–Crippen LogP) is 3.09. The summed E-state index contributed by atoms with van der Waals surface area (Å²) in [5.74, 6) is -1.86. The Labute approximate surface area is 112 Å². The standard InChI is InChI=1S/C12H12BrF2NO2/c13-11-9(15)5-8(14)6-10(11)16-12(17)7-1-3-18-4-2-7/h5-7H,1-4H2,(H,16,17). The topological polar surface area (TPSA) is 38.3 Å². The number of halogens is 3. The number of carbonyl (C=O) groups excluding carboxylic acids is 1. The Morgan fingerprint density at radius 2 is 2.00 bits per heavy atom. The van der Waals surface area contributed by atoms with Crippen LogP contribution in [0.3, 0.4) is 0 Å². The van der Waals surface area contributed by atoms with Gasteiger partial charge in [0.05, 0.1) is 10.2 Å². The summed E-state index contributed by atoms with van der Waals surface area (Å²) in [6.45, 7) is 1.08. The van der Waals surface area contributed by atoms with Gasteiger partial charge in [-0.25, -0.2) is 8.78 Å². The molecule has 98 valence electrons. The minimum absolute atomic E-state index is 0.0595. The Bertz CT molecular complexity index is 462. The van der Waals surface area contributed by atoms with Crippen LogP contribution in [0.25, 0.3) is 0 Å². The number of ether oxygens (including phenoxy) is 1. The van der Waals surface area contributed by atoms with Crippen molar-refractivity contribution >= 4 is 27.5 Å². The van der Waals surface area contributed by atoms with Crippen LogP contribution in [-0.4, -0.2) is 19.1 Å². The van der Waals surface area contributed by atoms with Gasteiger partial charge in [0.25, 0.3) is 0 Å². The third-order valence-corrected chi connectivity index (χ3v) is 3.65. The maximum absolute atomic E-state index is 13.3. The van der Waals surface area contributed by atoms with E-state index in [1.165, 1.54) is 0 Å². The Kier molecular flexibility index (Phi) is 4.29. The van der Waals surface area contributed by atoms with Crippen LogP contribution in [0.4, 0.5) is 14.5 Å². The van der Waals surface area contributed by atoms with Crippen LogP contribution in [0, 0.1) is 17.6 Å². The zero-order valence-corrected chi connectivity index (χ0v) is 11.1. The molecular weight excluding hydrogens is 308 g/mol. The number of hydrogen-bond donors (Lipinski definition) is 1. The number of hydrogen-bond acceptors (Lipinski definition) is 2. The molecule has 1 fully saturated rings. The minimum atomic E-state index is -0.739. The molecule has 2 rings (SSSR count). The van der Waals surface area contributed by atoms with Crippen LogP contribution < -0.4 is 5.32 Å². The van der Waals surface area contributed by atoms with E-state index in [-0.39, 0.29) is 22.0 Å². The quantitative estimate of drug-likeness (QED) is 0.851. The first-order valence-electron chi connectivity index (χ1n) is 5.61. The SMILES string of the molecule is O=C(Nc1cc(F)cc(F)c1Br)C1CCOCC1. The monoisotopic (exact) mass is 319 g/mol. The van der Waals surface area contributed by atoms with Gasteiger partial charge in [-0.3, -0.25) is 4.79 Å². The maximum atomic E-state index is 13.3. The highest BCUT2D eigenvalue weighted by molar-refractivity contribution is 9.10. The van der Waals surface area contributed by atoms with Crippen molar-refractivity contribution in [1.29, 1.82) is 0 Å². The van der Waals surface area contributed by atoms with Gasteiger partial charge in [-0.15, -0.1) is 0 Å². The highest BCUT2D eigenvalue weighted by atomic mass is 79.9. The van der Waals surface area contributed by atoms with Gasteiger partial charge in [0.15, 0.2) is 0 Å². The smallest absolute Gasteiger partial charge is 0.227 e. The summed E-state index contributed by atoms with van der Waals surface area (Å²) in [7, 11) is 0. The van der Waals surface area contributed by atoms with E-state index in [9.17, 15) is 13.6 Å². The number of anilines is 1. The molecule has 6 heteroatoms. The molecule has 1 aromatic carbocycles. The Morgan fingerprint density at radius 3 is 2.67 bits per heavy atom. The molecule has 1 aliphatic heterocycles. The van der Waals surface area contributed by atoms with Gasteiger partial charge in [-0.2, -0.15) is 0 Å². The first kappa shape index (κ1) is 13.4. The lowest BCUT2D eigenvalue weighted by molar-refractivity contribution is -0.122.